The quantitative estimate of drug-likeness (QED) is 0.855. The molecule has 0 radical (unpaired) electrons. The van der Waals surface area contributed by atoms with Gasteiger partial charge in [-0.1, -0.05) is 6.07 Å². The lowest BCUT2D eigenvalue weighted by atomic mass is 10.0. The molecule has 0 aliphatic heterocycles. The number of hydrogen-bond acceptors (Lipinski definition) is 5. The third-order valence-corrected chi connectivity index (χ3v) is 3.05. The highest BCUT2D eigenvalue weighted by molar-refractivity contribution is 5.98. The Kier molecular flexibility index (Phi) is 4.18. The van der Waals surface area contributed by atoms with Crippen LogP contribution in [0.5, 0.6) is 11.5 Å². The first-order valence-electron chi connectivity index (χ1n) is 6.09. The van der Waals surface area contributed by atoms with E-state index in [0.717, 1.165) is 5.56 Å². The maximum Gasteiger partial charge on any atom is 0.251 e. The highest BCUT2D eigenvalue weighted by Crippen LogP contribution is 2.32. The molecule has 2 aromatic rings. The highest BCUT2D eigenvalue weighted by atomic mass is 16.5. The monoisotopic (exact) mass is 286 g/mol. The number of hydrogen-bond donors (Lipinski definition) is 1. The molecule has 2 rings (SSSR count). The molecule has 0 atom stereocenters. The number of rotatable bonds is 5. The molecule has 21 heavy (non-hydrogen) atoms. The first kappa shape index (κ1) is 14.5. The number of nitroso groups, excluding NO2 is 1. The first-order valence-corrected chi connectivity index (χ1v) is 6.09. The van der Waals surface area contributed by atoms with Crippen LogP contribution >= 0.6 is 0 Å². The van der Waals surface area contributed by atoms with Gasteiger partial charge in [-0.05, 0) is 40.6 Å². The molecular weight excluding hydrogens is 272 g/mol. The minimum Gasteiger partial charge on any atom is -0.497 e. The second-order valence-corrected chi connectivity index (χ2v) is 4.29. The molecule has 0 aliphatic rings. The van der Waals surface area contributed by atoms with E-state index in [1.807, 2.05) is 0 Å². The summed E-state index contributed by atoms with van der Waals surface area (Å²) >= 11 is 0. The lowest BCUT2D eigenvalue weighted by Crippen LogP contribution is -2.10. The van der Waals surface area contributed by atoms with Gasteiger partial charge in [-0.15, -0.1) is 4.91 Å². The Morgan fingerprint density at radius 3 is 2.10 bits per heavy atom. The molecule has 0 saturated heterocycles. The minimum absolute atomic E-state index is 0.00165. The fourth-order valence-electron chi connectivity index (χ4n) is 1.97. The molecule has 0 heterocycles. The third-order valence-electron chi connectivity index (χ3n) is 3.05. The van der Waals surface area contributed by atoms with Crippen LogP contribution in [0.1, 0.15) is 10.4 Å². The Labute approximate surface area is 121 Å². The van der Waals surface area contributed by atoms with Crippen LogP contribution < -0.4 is 15.2 Å². The summed E-state index contributed by atoms with van der Waals surface area (Å²) in [5, 5.41) is 2.85. The average Bonchev–Trinajstić information content (AvgIpc) is 2.53. The molecule has 0 bridgehead atoms. The van der Waals surface area contributed by atoms with Crippen molar-refractivity contribution in [2.75, 3.05) is 14.2 Å². The van der Waals surface area contributed by atoms with Crippen LogP contribution in [0.2, 0.25) is 0 Å². The Morgan fingerprint density at radius 1 is 1.00 bits per heavy atom. The van der Waals surface area contributed by atoms with Gasteiger partial charge in [-0.25, -0.2) is 0 Å². The molecule has 2 N–H and O–H groups in total. The summed E-state index contributed by atoms with van der Waals surface area (Å²) in [5.74, 6) is 0.534. The Hall–Kier alpha value is -2.89. The van der Waals surface area contributed by atoms with Gasteiger partial charge >= 0.3 is 0 Å². The van der Waals surface area contributed by atoms with E-state index in [-0.39, 0.29) is 11.3 Å². The average molecular weight is 286 g/mol. The number of carbonyl (C=O) groups excluding carboxylic acids is 1. The predicted molar refractivity (Wildman–Crippen MR) is 79.0 cm³/mol. The van der Waals surface area contributed by atoms with Gasteiger partial charge in [0.2, 0.25) is 0 Å². The van der Waals surface area contributed by atoms with Crippen molar-refractivity contribution in [2.24, 2.45) is 10.9 Å². The van der Waals surface area contributed by atoms with Crippen molar-refractivity contribution in [3.05, 3.63) is 46.9 Å². The molecule has 0 aromatic heterocycles. The number of methoxy groups -OCH3 is 2. The fraction of sp³-hybridized carbons (Fsp3) is 0.133. The van der Waals surface area contributed by atoms with E-state index in [1.165, 1.54) is 12.1 Å². The van der Waals surface area contributed by atoms with Gasteiger partial charge in [0.1, 0.15) is 17.2 Å². The first-order chi connectivity index (χ1) is 10.1. The maximum absolute atomic E-state index is 11.2. The van der Waals surface area contributed by atoms with Gasteiger partial charge < -0.3 is 15.2 Å². The largest absolute Gasteiger partial charge is 0.497 e. The second kappa shape index (κ2) is 6.04. The van der Waals surface area contributed by atoms with E-state index >= 15 is 0 Å². The van der Waals surface area contributed by atoms with Crippen LogP contribution in [0.3, 0.4) is 0 Å². The smallest absolute Gasteiger partial charge is 0.251 e. The fourth-order valence-corrected chi connectivity index (χ4v) is 1.97. The summed E-state index contributed by atoms with van der Waals surface area (Å²) in [4.78, 5) is 22.1. The topological polar surface area (TPSA) is 91.0 Å². The molecule has 0 spiro atoms. The van der Waals surface area contributed by atoms with Crippen molar-refractivity contribution in [1.82, 2.24) is 0 Å². The molecule has 0 unspecified atom stereocenters. The van der Waals surface area contributed by atoms with Gasteiger partial charge in [0, 0.05) is 6.07 Å². The Bertz CT molecular complexity index is 676. The van der Waals surface area contributed by atoms with E-state index in [2.05, 4.69) is 5.18 Å². The molecule has 0 aliphatic carbocycles. The SMILES string of the molecule is COc1cc(OC)cc(-c2ccc(C(N)=O)c(N=O)c2)c1. The van der Waals surface area contributed by atoms with Gasteiger partial charge in [0.05, 0.1) is 19.8 Å². The zero-order chi connectivity index (χ0) is 15.4. The van der Waals surface area contributed by atoms with Crippen molar-refractivity contribution in [3.8, 4) is 22.6 Å². The highest BCUT2D eigenvalue weighted by Gasteiger charge is 2.12. The van der Waals surface area contributed by atoms with Crippen LogP contribution in [-0.2, 0) is 0 Å². The number of carbonyl (C=O) groups is 1. The number of primary amides is 1. The molecule has 0 fully saturated rings. The lowest BCUT2D eigenvalue weighted by molar-refractivity contribution is 0.100. The van der Waals surface area contributed by atoms with Crippen molar-refractivity contribution in [1.29, 1.82) is 0 Å². The normalized spacial score (nSPS) is 10.0. The van der Waals surface area contributed by atoms with Gasteiger partial charge in [-0.3, -0.25) is 4.79 Å². The molecule has 1 amide bonds. The Morgan fingerprint density at radius 2 is 1.62 bits per heavy atom. The molecular formula is C15H14N2O4. The van der Waals surface area contributed by atoms with Gasteiger partial charge in [0.15, 0.2) is 0 Å². The van der Waals surface area contributed by atoms with Crippen molar-refractivity contribution in [3.63, 3.8) is 0 Å². The Balaban J connectivity index is 2.56. The summed E-state index contributed by atoms with van der Waals surface area (Å²) in [7, 11) is 3.10. The number of benzene rings is 2. The maximum atomic E-state index is 11.2. The summed E-state index contributed by atoms with van der Waals surface area (Å²) in [6.07, 6.45) is 0. The number of ether oxygens (including phenoxy) is 2. The van der Waals surface area contributed by atoms with E-state index in [4.69, 9.17) is 15.2 Å². The molecule has 6 heteroatoms. The summed E-state index contributed by atoms with van der Waals surface area (Å²) in [6, 6.07) is 9.97. The van der Waals surface area contributed by atoms with E-state index in [1.54, 1.807) is 38.5 Å². The van der Waals surface area contributed by atoms with Crippen molar-refractivity contribution in [2.45, 2.75) is 0 Å². The van der Waals surface area contributed by atoms with Crippen LogP contribution in [0.25, 0.3) is 11.1 Å². The molecule has 6 nitrogen and oxygen atoms in total. The second-order valence-electron chi connectivity index (χ2n) is 4.29. The van der Waals surface area contributed by atoms with Crippen molar-refractivity contribution >= 4 is 11.6 Å². The summed E-state index contributed by atoms with van der Waals surface area (Å²) in [5.41, 5.74) is 6.75. The third kappa shape index (κ3) is 3.00. The molecule has 2 aromatic carbocycles. The number of nitrogens with two attached hydrogens (primary N) is 1. The van der Waals surface area contributed by atoms with E-state index < -0.39 is 5.91 Å². The summed E-state index contributed by atoms with van der Waals surface area (Å²) < 4.78 is 10.4. The predicted octanol–water partition coefficient (Wildman–Crippen LogP) is 2.87. The van der Waals surface area contributed by atoms with Gasteiger partial charge in [-0.2, -0.15) is 0 Å². The zero-order valence-electron chi connectivity index (χ0n) is 11.6. The van der Waals surface area contributed by atoms with E-state index in [9.17, 15) is 9.70 Å². The van der Waals surface area contributed by atoms with Crippen molar-refractivity contribution < 1.29 is 14.3 Å². The number of nitrogens with zero attached hydrogens (tertiary/aromatic N) is 1. The van der Waals surface area contributed by atoms with Crippen LogP contribution in [0.4, 0.5) is 5.69 Å². The molecule has 108 valence electrons. The van der Waals surface area contributed by atoms with Crippen LogP contribution in [0, 0.1) is 4.91 Å². The van der Waals surface area contributed by atoms with Gasteiger partial charge in [0.25, 0.3) is 5.91 Å². The van der Waals surface area contributed by atoms with Crippen LogP contribution in [-0.4, -0.2) is 20.1 Å². The summed E-state index contributed by atoms with van der Waals surface area (Å²) in [6.45, 7) is 0. The zero-order valence-corrected chi connectivity index (χ0v) is 11.6. The lowest BCUT2D eigenvalue weighted by Gasteiger charge is -2.09. The van der Waals surface area contributed by atoms with Crippen LogP contribution in [0.15, 0.2) is 41.6 Å². The number of amides is 1. The standard InChI is InChI=1S/C15H14N2O4/c1-20-11-5-10(6-12(8-11)21-2)9-3-4-13(15(16)18)14(7-9)17-19/h3-8H,1-2H3,(H2,16,18). The molecule has 0 saturated carbocycles. The minimum atomic E-state index is -0.695. The van der Waals surface area contributed by atoms with E-state index in [0.29, 0.717) is 17.1 Å².